The number of fused-ring (bicyclic) bond motifs is 6. The highest BCUT2D eigenvalue weighted by molar-refractivity contribution is 6.19. The van der Waals surface area contributed by atoms with E-state index < -0.39 is 0 Å². The van der Waals surface area contributed by atoms with Gasteiger partial charge in [-0.15, -0.1) is 0 Å². The van der Waals surface area contributed by atoms with E-state index in [1.165, 1.54) is 21.5 Å². The van der Waals surface area contributed by atoms with Crippen molar-refractivity contribution in [1.29, 1.82) is 0 Å². The summed E-state index contributed by atoms with van der Waals surface area (Å²) in [6.45, 7) is 8.01. The Hall–Kier alpha value is -8.34. The average Bonchev–Trinajstić information content (AvgIpc) is 3.84. The standard InChI is InChI=1S/C58H42N4/c1-3-41-31-35-45(36-32-41)59(43-19-7-5-8-20-43)53-27-15-17-29-55(53)61-51-25-13-11-23-47(51)49-40-58-50(39-57(49)61)48-24-12-14-26-52(48)62(58)56-30-18-16-28-54(56)60(44-21-9-6-10-22-44)46-37-33-42(4-2)34-38-46/h3-40H,1-2H2. The summed E-state index contributed by atoms with van der Waals surface area (Å²) < 4.78 is 4.91. The lowest BCUT2D eigenvalue weighted by Gasteiger charge is -2.28. The summed E-state index contributed by atoms with van der Waals surface area (Å²) in [5.41, 5.74) is 15.4. The third-order valence-corrected chi connectivity index (χ3v) is 12.0. The molecular weight excluding hydrogens is 753 g/mol. The number of aromatic nitrogens is 2. The number of para-hydroxylation sites is 8. The Labute approximate surface area is 361 Å². The van der Waals surface area contributed by atoms with Crippen molar-refractivity contribution >= 4 is 89.9 Å². The smallest absolute Gasteiger partial charge is 0.0702 e. The van der Waals surface area contributed by atoms with Crippen LogP contribution >= 0.6 is 0 Å². The third kappa shape index (κ3) is 6.08. The highest BCUT2D eigenvalue weighted by atomic mass is 15.2. The van der Waals surface area contributed by atoms with Crippen LogP contribution in [0.25, 0.3) is 67.1 Å². The van der Waals surface area contributed by atoms with Crippen molar-refractivity contribution in [2.24, 2.45) is 0 Å². The van der Waals surface area contributed by atoms with Gasteiger partial charge in [-0.1, -0.05) is 147 Å². The van der Waals surface area contributed by atoms with E-state index in [4.69, 9.17) is 0 Å². The zero-order valence-electron chi connectivity index (χ0n) is 34.1. The van der Waals surface area contributed by atoms with Gasteiger partial charge in [0.05, 0.1) is 44.8 Å². The van der Waals surface area contributed by atoms with Crippen LogP contribution in [0, 0.1) is 0 Å². The second-order valence-corrected chi connectivity index (χ2v) is 15.5. The molecule has 0 saturated carbocycles. The number of hydrogen-bond acceptors (Lipinski definition) is 2. The van der Waals surface area contributed by atoms with Gasteiger partial charge < -0.3 is 18.9 Å². The minimum absolute atomic E-state index is 1.07. The van der Waals surface area contributed by atoms with E-state index in [0.717, 1.165) is 78.7 Å². The molecule has 0 N–H and O–H groups in total. The first-order chi connectivity index (χ1) is 30.7. The molecule has 0 bridgehead atoms. The van der Waals surface area contributed by atoms with Crippen LogP contribution in [0.4, 0.5) is 34.1 Å². The number of rotatable bonds is 10. The van der Waals surface area contributed by atoms with Gasteiger partial charge in [-0.3, -0.25) is 0 Å². The van der Waals surface area contributed by atoms with Crippen LogP contribution < -0.4 is 9.80 Å². The molecule has 0 spiro atoms. The van der Waals surface area contributed by atoms with Crippen molar-refractivity contribution < 1.29 is 0 Å². The molecule has 0 radical (unpaired) electrons. The van der Waals surface area contributed by atoms with Crippen LogP contribution in [0.5, 0.6) is 0 Å². The maximum atomic E-state index is 4.01. The molecular formula is C58H42N4. The number of hydrogen-bond donors (Lipinski definition) is 0. The van der Waals surface area contributed by atoms with E-state index in [2.05, 4.69) is 250 Å². The molecule has 0 saturated heterocycles. The van der Waals surface area contributed by atoms with Gasteiger partial charge >= 0.3 is 0 Å². The van der Waals surface area contributed by atoms with Crippen molar-refractivity contribution in [3.63, 3.8) is 0 Å². The van der Waals surface area contributed by atoms with Gasteiger partial charge in [0.1, 0.15) is 0 Å². The molecule has 0 unspecified atom stereocenters. The van der Waals surface area contributed by atoms with Crippen LogP contribution in [0.3, 0.4) is 0 Å². The van der Waals surface area contributed by atoms with Gasteiger partial charge in [0.15, 0.2) is 0 Å². The van der Waals surface area contributed by atoms with Gasteiger partial charge in [-0.2, -0.15) is 0 Å². The predicted molar refractivity (Wildman–Crippen MR) is 265 cm³/mol. The topological polar surface area (TPSA) is 16.3 Å². The minimum atomic E-state index is 1.07. The fraction of sp³-hybridized carbons (Fsp3) is 0. The van der Waals surface area contributed by atoms with Crippen molar-refractivity contribution in [3.05, 3.63) is 243 Å². The van der Waals surface area contributed by atoms with Gasteiger partial charge in [0.2, 0.25) is 0 Å². The van der Waals surface area contributed by atoms with Crippen molar-refractivity contribution in [3.8, 4) is 11.4 Å². The monoisotopic (exact) mass is 794 g/mol. The van der Waals surface area contributed by atoms with E-state index in [1.54, 1.807) is 0 Å². The predicted octanol–water partition coefficient (Wildman–Crippen LogP) is 16.1. The first-order valence-electron chi connectivity index (χ1n) is 21.0. The van der Waals surface area contributed by atoms with Gasteiger partial charge in [0, 0.05) is 44.3 Å². The summed E-state index contributed by atoms with van der Waals surface area (Å²) in [7, 11) is 0. The average molecular weight is 795 g/mol. The number of anilines is 6. The zero-order chi connectivity index (χ0) is 41.6. The van der Waals surface area contributed by atoms with E-state index >= 15 is 0 Å². The fourth-order valence-corrected chi connectivity index (χ4v) is 9.16. The molecule has 0 aliphatic rings. The highest BCUT2D eigenvalue weighted by Gasteiger charge is 2.24. The highest BCUT2D eigenvalue weighted by Crippen LogP contribution is 2.46. The first-order valence-corrected chi connectivity index (χ1v) is 21.0. The molecule has 2 aromatic heterocycles. The van der Waals surface area contributed by atoms with Crippen LogP contribution in [-0.4, -0.2) is 9.13 Å². The molecule has 4 heteroatoms. The Morgan fingerprint density at radius 3 is 1.05 bits per heavy atom. The van der Waals surface area contributed by atoms with Crippen LogP contribution in [0.2, 0.25) is 0 Å². The molecule has 11 rings (SSSR count). The van der Waals surface area contributed by atoms with E-state index in [-0.39, 0.29) is 0 Å². The van der Waals surface area contributed by atoms with Gasteiger partial charge in [-0.05, 0) is 108 Å². The largest absolute Gasteiger partial charge is 0.308 e. The van der Waals surface area contributed by atoms with E-state index in [0.29, 0.717) is 0 Å². The van der Waals surface area contributed by atoms with Crippen LogP contribution in [0.1, 0.15) is 11.1 Å². The minimum Gasteiger partial charge on any atom is -0.308 e. The molecule has 11 aromatic rings. The van der Waals surface area contributed by atoms with E-state index in [9.17, 15) is 0 Å². The molecule has 9 aromatic carbocycles. The Morgan fingerprint density at radius 2 is 0.645 bits per heavy atom. The van der Waals surface area contributed by atoms with Gasteiger partial charge in [0.25, 0.3) is 0 Å². The lowest BCUT2D eigenvalue weighted by Crippen LogP contribution is -2.13. The molecule has 294 valence electrons. The molecule has 62 heavy (non-hydrogen) atoms. The molecule has 0 atom stereocenters. The lowest BCUT2D eigenvalue weighted by molar-refractivity contribution is 1.14. The fourth-order valence-electron chi connectivity index (χ4n) is 9.16. The Kier molecular flexibility index (Phi) is 9.10. The molecule has 4 nitrogen and oxygen atoms in total. The summed E-state index contributed by atoms with van der Waals surface area (Å²) in [6, 6.07) is 78.5. The second-order valence-electron chi connectivity index (χ2n) is 15.5. The number of nitrogens with zero attached hydrogens (tertiary/aromatic N) is 4. The Morgan fingerprint density at radius 1 is 0.306 bits per heavy atom. The van der Waals surface area contributed by atoms with Crippen molar-refractivity contribution in [1.82, 2.24) is 9.13 Å². The Balaban J connectivity index is 1.18. The first kappa shape index (κ1) is 36.7. The summed E-state index contributed by atoms with van der Waals surface area (Å²) >= 11 is 0. The summed E-state index contributed by atoms with van der Waals surface area (Å²) in [5.74, 6) is 0. The van der Waals surface area contributed by atoms with E-state index in [1.807, 2.05) is 12.2 Å². The molecule has 0 fully saturated rings. The van der Waals surface area contributed by atoms with Crippen LogP contribution in [0.15, 0.2) is 232 Å². The second kappa shape index (κ2) is 15.4. The summed E-state index contributed by atoms with van der Waals surface area (Å²) in [5, 5.41) is 4.76. The number of benzene rings is 9. The quantitative estimate of drug-likeness (QED) is 0.137. The third-order valence-electron chi connectivity index (χ3n) is 12.0. The molecule has 0 aliphatic carbocycles. The SMILES string of the molecule is C=Cc1ccc(N(c2ccccc2)c2ccccc2-n2c3ccccc3c3cc4c(cc32)c2ccccc2n4-c2ccccc2N(c2ccccc2)c2ccc(C=C)cc2)cc1. The van der Waals surface area contributed by atoms with Crippen molar-refractivity contribution in [2.75, 3.05) is 9.80 Å². The molecule has 2 heterocycles. The normalized spacial score (nSPS) is 11.4. The maximum Gasteiger partial charge on any atom is 0.0702 e. The summed E-state index contributed by atoms with van der Waals surface area (Å²) in [4.78, 5) is 4.71. The lowest BCUT2D eigenvalue weighted by atomic mass is 10.1. The molecule has 0 aliphatic heterocycles. The van der Waals surface area contributed by atoms with Crippen molar-refractivity contribution in [2.45, 2.75) is 0 Å². The molecule has 0 amide bonds. The Bertz CT molecular complexity index is 3200. The maximum absolute atomic E-state index is 4.01. The zero-order valence-corrected chi connectivity index (χ0v) is 34.1. The van der Waals surface area contributed by atoms with Gasteiger partial charge in [-0.25, -0.2) is 0 Å². The summed E-state index contributed by atoms with van der Waals surface area (Å²) in [6.07, 6.45) is 3.78. The van der Waals surface area contributed by atoms with Crippen LogP contribution in [-0.2, 0) is 0 Å².